The fraction of sp³-hybridized carbons (Fsp3) is 0.333. The van der Waals surface area contributed by atoms with Crippen molar-refractivity contribution in [1.29, 1.82) is 0 Å². The Hall–Kier alpha value is -1.24. The largest absolute Gasteiger partial charge is 0.294 e. The summed E-state index contributed by atoms with van der Waals surface area (Å²) < 4.78 is 0. The minimum atomic E-state index is -0.415. The molecule has 0 saturated heterocycles. The van der Waals surface area contributed by atoms with Gasteiger partial charge in [0.05, 0.1) is 5.60 Å². The standard InChI is InChI=1S/C12H14N2O2S2/c1-12(2,3)16-14-10(15)9-7-18-11(13-9)8-4-5-17-6-8/h4-7H,1-3H3,(H,14,15). The number of nitrogens with zero attached hydrogens (tertiary/aromatic N) is 1. The smallest absolute Gasteiger partial charge is 0.268 e. The molecule has 4 nitrogen and oxygen atoms in total. The molecule has 0 radical (unpaired) electrons. The molecule has 2 aromatic rings. The maximum Gasteiger partial charge on any atom is 0.294 e. The Balaban J connectivity index is 2.04. The second-order valence-corrected chi connectivity index (χ2v) is 6.33. The lowest BCUT2D eigenvalue weighted by molar-refractivity contribution is -0.0591. The molecule has 0 fully saturated rings. The van der Waals surface area contributed by atoms with Gasteiger partial charge in [-0.3, -0.25) is 9.63 Å². The first-order chi connectivity index (χ1) is 8.46. The predicted molar refractivity (Wildman–Crippen MR) is 73.7 cm³/mol. The van der Waals surface area contributed by atoms with E-state index in [1.165, 1.54) is 11.3 Å². The number of thiophene rings is 1. The number of hydrogen-bond donors (Lipinski definition) is 1. The van der Waals surface area contributed by atoms with E-state index >= 15 is 0 Å². The number of aromatic nitrogens is 1. The van der Waals surface area contributed by atoms with Gasteiger partial charge in [-0.25, -0.2) is 10.5 Å². The maximum absolute atomic E-state index is 11.8. The molecule has 0 unspecified atom stereocenters. The van der Waals surface area contributed by atoms with Crippen LogP contribution in [0.25, 0.3) is 10.6 Å². The van der Waals surface area contributed by atoms with Crippen molar-refractivity contribution in [3.05, 3.63) is 27.9 Å². The highest BCUT2D eigenvalue weighted by Gasteiger charge is 2.16. The molecule has 1 N–H and O–H groups in total. The van der Waals surface area contributed by atoms with Gasteiger partial charge in [0.2, 0.25) is 0 Å². The Morgan fingerprint density at radius 2 is 2.17 bits per heavy atom. The molecule has 0 saturated carbocycles. The van der Waals surface area contributed by atoms with E-state index in [-0.39, 0.29) is 5.91 Å². The molecule has 2 aromatic heterocycles. The highest BCUT2D eigenvalue weighted by molar-refractivity contribution is 7.14. The van der Waals surface area contributed by atoms with E-state index < -0.39 is 5.60 Å². The van der Waals surface area contributed by atoms with Crippen LogP contribution in [0.3, 0.4) is 0 Å². The van der Waals surface area contributed by atoms with E-state index in [1.807, 2.05) is 37.6 Å². The van der Waals surface area contributed by atoms with Gasteiger partial charge >= 0.3 is 0 Å². The molecule has 18 heavy (non-hydrogen) atoms. The molecule has 0 aliphatic rings. The summed E-state index contributed by atoms with van der Waals surface area (Å²) in [5.74, 6) is -0.317. The zero-order chi connectivity index (χ0) is 13.2. The number of nitrogens with one attached hydrogen (secondary N) is 1. The highest BCUT2D eigenvalue weighted by Crippen LogP contribution is 2.25. The summed E-state index contributed by atoms with van der Waals surface area (Å²) in [5, 5.41) is 6.57. The number of rotatable bonds is 3. The summed E-state index contributed by atoms with van der Waals surface area (Å²) in [7, 11) is 0. The topological polar surface area (TPSA) is 51.2 Å². The molecular weight excluding hydrogens is 268 g/mol. The second-order valence-electron chi connectivity index (χ2n) is 4.70. The van der Waals surface area contributed by atoms with Crippen LogP contribution in [0.4, 0.5) is 0 Å². The summed E-state index contributed by atoms with van der Waals surface area (Å²) in [5.41, 5.74) is 3.41. The predicted octanol–water partition coefficient (Wildman–Crippen LogP) is 3.33. The SMILES string of the molecule is CC(C)(C)ONC(=O)c1csc(-c2ccsc2)n1. The van der Waals surface area contributed by atoms with Gasteiger partial charge in [0.25, 0.3) is 5.91 Å². The first-order valence-corrected chi connectivity index (χ1v) is 7.24. The van der Waals surface area contributed by atoms with Gasteiger partial charge in [0, 0.05) is 16.3 Å². The molecule has 2 heterocycles. The van der Waals surface area contributed by atoms with Crippen molar-refractivity contribution in [1.82, 2.24) is 10.5 Å². The quantitative estimate of drug-likeness (QED) is 0.878. The lowest BCUT2D eigenvalue weighted by Crippen LogP contribution is -2.33. The Morgan fingerprint density at radius 1 is 1.39 bits per heavy atom. The lowest BCUT2D eigenvalue weighted by Gasteiger charge is -2.18. The molecule has 1 amide bonds. The van der Waals surface area contributed by atoms with E-state index in [1.54, 1.807) is 16.7 Å². The lowest BCUT2D eigenvalue weighted by atomic mass is 10.2. The Bertz CT molecular complexity index is 527. The van der Waals surface area contributed by atoms with Gasteiger partial charge in [0.1, 0.15) is 10.7 Å². The third kappa shape index (κ3) is 3.38. The molecule has 0 bridgehead atoms. The summed E-state index contributed by atoms with van der Waals surface area (Å²) in [6.45, 7) is 5.60. The number of hydrogen-bond acceptors (Lipinski definition) is 5. The van der Waals surface area contributed by atoms with E-state index in [4.69, 9.17) is 4.84 Å². The van der Waals surface area contributed by atoms with E-state index in [0.717, 1.165) is 10.6 Å². The minimum Gasteiger partial charge on any atom is -0.268 e. The van der Waals surface area contributed by atoms with Gasteiger partial charge in [-0.1, -0.05) is 0 Å². The van der Waals surface area contributed by atoms with Crippen LogP contribution < -0.4 is 5.48 Å². The van der Waals surface area contributed by atoms with Gasteiger partial charge < -0.3 is 0 Å². The van der Waals surface area contributed by atoms with Crippen LogP contribution in [0.5, 0.6) is 0 Å². The minimum absolute atomic E-state index is 0.317. The van der Waals surface area contributed by atoms with Crippen molar-refractivity contribution in [3.63, 3.8) is 0 Å². The summed E-state index contributed by atoms with van der Waals surface area (Å²) >= 11 is 3.06. The Labute approximate surface area is 114 Å². The molecular formula is C12H14N2O2S2. The summed E-state index contributed by atoms with van der Waals surface area (Å²) in [6.07, 6.45) is 0. The molecule has 96 valence electrons. The molecule has 6 heteroatoms. The molecule has 0 spiro atoms. The molecule has 0 atom stereocenters. The maximum atomic E-state index is 11.8. The number of carbonyl (C=O) groups excluding carboxylic acids is 1. The number of amides is 1. The van der Waals surface area contributed by atoms with Crippen LogP contribution in [0.1, 0.15) is 31.3 Å². The Morgan fingerprint density at radius 3 is 2.78 bits per heavy atom. The van der Waals surface area contributed by atoms with Crippen molar-refractivity contribution in [2.45, 2.75) is 26.4 Å². The van der Waals surface area contributed by atoms with Crippen molar-refractivity contribution in [3.8, 4) is 10.6 Å². The summed E-state index contributed by atoms with van der Waals surface area (Å²) in [6, 6.07) is 1.98. The van der Waals surface area contributed by atoms with Crippen molar-refractivity contribution >= 4 is 28.6 Å². The van der Waals surface area contributed by atoms with Crippen molar-refractivity contribution in [2.24, 2.45) is 0 Å². The average Bonchev–Trinajstić information content (AvgIpc) is 2.94. The third-order valence-electron chi connectivity index (χ3n) is 1.95. The normalized spacial score (nSPS) is 11.5. The Kier molecular flexibility index (Phi) is 3.79. The monoisotopic (exact) mass is 282 g/mol. The van der Waals surface area contributed by atoms with Gasteiger partial charge in [-0.15, -0.1) is 11.3 Å². The van der Waals surface area contributed by atoms with Crippen LogP contribution in [0, 0.1) is 0 Å². The number of carbonyl (C=O) groups is 1. The number of thiazole rings is 1. The first kappa shape index (κ1) is 13.2. The van der Waals surface area contributed by atoms with E-state index in [9.17, 15) is 4.79 Å². The van der Waals surface area contributed by atoms with Crippen molar-refractivity contribution < 1.29 is 9.63 Å². The van der Waals surface area contributed by atoms with E-state index in [2.05, 4.69) is 10.5 Å². The second kappa shape index (κ2) is 5.17. The van der Waals surface area contributed by atoms with Gasteiger partial charge in [-0.05, 0) is 32.2 Å². The zero-order valence-corrected chi connectivity index (χ0v) is 12.0. The zero-order valence-electron chi connectivity index (χ0n) is 10.4. The fourth-order valence-corrected chi connectivity index (χ4v) is 2.66. The van der Waals surface area contributed by atoms with Crippen LogP contribution >= 0.6 is 22.7 Å². The number of hydroxylamine groups is 1. The molecule has 2 rings (SSSR count). The van der Waals surface area contributed by atoms with E-state index in [0.29, 0.717) is 5.69 Å². The van der Waals surface area contributed by atoms with Crippen LogP contribution in [0.2, 0.25) is 0 Å². The van der Waals surface area contributed by atoms with Crippen LogP contribution in [-0.2, 0) is 4.84 Å². The van der Waals surface area contributed by atoms with Gasteiger partial charge in [-0.2, -0.15) is 11.3 Å². The molecule has 0 aliphatic carbocycles. The van der Waals surface area contributed by atoms with Crippen molar-refractivity contribution in [2.75, 3.05) is 0 Å². The summed E-state index contributed by atoms with van der Waals surface area (Å²) in [4.78, 5) is 21.3. The first-order valence-electron chi connectivity index (χ1n) is 5.42. The highest BCUT2D eigenvalue weighted by atomic mass is 32.1. The fourth-order valence-electron chi connectivity index (χ4n) is 1.15. The molecule has 0 aliphatic heterocycles. The van der Waals surface area contributed by atoms with Crippen LogP contribution in [-0.4, -0.2) is 16.5 Å². The third-order valence-corrected chi connectivity index (χ3v) is 3.53. The van der Waals surface area contributed by atoms with Crippen LogP contribution in [0.15, 0.2) is 22.2 Å². The average molecular weight is 282 g/mol. The van der Waals surface area contributed by atoms with Gasteiger partial charge in [0.15, 0.2) is 0 Å². The molecule has 0 aromatic carbocycles.